The monoisotopic (exact) mass is 494 g/mol. The lowest BCUT2D eigenvalue weighted by molar-refractivity contribution is 0.108. The average Bonchev–Trinajstić information content (AvgIpc) is 2.67. The molecule has 0 aliphatic heterocycles. The summed E-state index contributed by atoms with van der Waals surface area (Å²) < 4.78 is 8.84. The van der Waals surface area contributed by atoms with Crippen molar-refractivity contribution in [3.05, 3.63) is 70.3 Å². The lowest BCUT2D eigenvalue weighted by Gasteiger charge is -2.43. The molecule has 0 unspecified atom stereocenters. The fourth-order valence-corrected chi connectivity index (χ4v) is 8.66. The number of hydrogen-bond donors (Lipinski definition) is 1. The predicted molar refractivity (Wildman–Crippen MR) is 127 cm³/mol. The minimum Gasteiger partial charge on any atom is -0.407 e. The zero-order valence-corrected chi connectivity index (χ0v) is 20.1. The van der Waals surface area contributed by atoms with Gasteiger partial charge in [-0.3, -0.25) is 0 Å². The van der Waals surface area contributed by atoms with Gasteiger partial charge < -0.3 is 9.53 Å². The average molecular weight is 494 g/mol. The van der Waals surface area contributed by atoms with Crippen LogP contribution in [0.25, 0.3) is 0 Å². The standard InChI is InChI=1S/C23H31IO2Si/c1-18(16-24)22(25)19(2)17-26-27(23(3,4)5,20-12-8-6-9-13-20)21-14-10-7-11-15-21/h6-16,19,22,25H,17H2,1-5H3/b18-16-/t19-,22+/m0/s1. The first-order chi connectivity index (χ1) is 12.7. The molecule has 146 valence electrons. The highest BCUT2D eigenvalue weighted by atomic mass is 127. The first kappa shape index (κ1) is 22.3. The van der Waals surface area contributed by atoms with E-state index in [1.807, 2.05) is 11.0 Å². The zero-order valence-electron chi connectivity index (χ0n) is 16.9. The van der Waals surface area contributed by atoms with Gasteiger partial charge in [-0.05, 0) is 32.0 Å². The van der Waals surface area contributed by atoms with Crippen LogP contribution in [0.15, 0.2) is 70.3 Å². The Morgan fingerprint density at radius 3 is 1.85 bits per heavy atom. The molecule has 2 aromatic rings. The van der Waals surface area contributed by atoms with Gasteiger partial charge in [-0.2, -0.15) is 0 Å². The second-order valence-electron chi connectivity index (χ2n) is 8.25. The molecular formula is C23H31IO2Si. The Hall–Kier alpha value is -0.953. The molecule has 0 heterocycles. The molecule has 27 heavy (non-hydrogen) atoms. The van der Waals surface area contributed by atoms with Crippen LogP contribution >= 0.6 is 22.6 Å². The van der Waals surface area contributed by atoms with Crippen LogP contribution in [0.4, 0.5) is 0 Å². The van der Waals surface area contributed by atoms with Gasteiger partial charge in [0, 0.05) is 12.5 Å². The van der Waals surface area contributed by atoms with Crippen molar-refractivity contribution in [1.82, 2.24) is 0 Å². The van der Waals surface area contributed by atoms with Gasteiger partial charge in [-0.25, -0.2) is 0 Å². The Kier molecular flexibility index (Phi) is 7.86. The van der Waals surface area contributed by atoms with Crippen molar-refractivity contribution in [2.75, 3.05) is 6.61 Å². The fraction of sp³-hybridized carbons (Fsp3) is 0.391. The lowest BCUT2D eigenvalue weighted by atomic mass is 10.0. The van der Waals surface area contributed by atoms with Gasteiger partial charge in [0.1, 0.15) is 0 Å². The summed E-state index contributed by atoms with van der Waals surface area (Å²) in [6, 6.07) is 21.3. The van der Waals surface area contributed by atoms with Crippen LogP contribution < -0.4 is 10.4 Å². The normalized spacial score (nSPS) is 15.4. The van der Waals surface area contributed by atoms with Crippen LogP contribution in [0.2, 0.25) is 5.04 Å². The number of halogens is 1. The summed E-state index contributed by atoms with van der Waals surface area (Å²) in [5.74, 6) is 0.0256. The first-order valence-corrected chi connectivity index (χ1v) is 12.6. The number of hydrogen-bond acceptors (Lipinski definition) is 2. The van der Waals surface area contributed by atoms with Gasteiger partial charge in [0.2, 0.25) is 0 Å². The maximum Gasteiger partial charge on any atom is 0.261 e. The van der Waals surface area contributed by atoms with E-state index in [0.29, 0.717) is 6.61 Å². The topological polar surface area (TPSA) is 29.5 Å². The molecule has 0 aliphatic carbocycles. The number of rotatable bonds is 7. The molecule has 0 spiro atoms. The quantitative estimate of drug-likeness (QED) is 0.439. The minimum absolute atomic E-state index is 0.0256. The Morgan fingerprint density at radius 2 is 1.48 bits per heavy atom. The van der Waals surface area contributed by atoms with Crippen molar-refractivity contribution in [3.8, 4) is 0 Å². The summed E-state index contributed by atoms with van der Waals surface area (Å²) in [5, 5.41) is 13.1. The predicted octanol–water partition coefficient (Wildman–Crippen LogP) is 4.90. The molecule has 0 fully saturated rings. The molecule has 0 amide bonds. The molecule has 0 aromatic heterocycles. The Morgan fingerprint density at radius 1 is 1.04 bits per heavy atom. The Balaban J connectivity index is 2.50. The second-order valence-corrected chi connectivity index (χ2v) is 13.2. The summed E-state index contributed by atoms with van der Waals surface area (Å²) in [4.78, 5) is 0. The second kappa shape index (κ2) is 9.50. The molecule has 2 aromatic carbocycles. The fourth-order valence-electron chi connectivity index (χ4n) is 3.62. The van der Waals surface area contributed by atoms with Crippen molar-refractivity contribution < 1.29 is 9.53 Å². The SMILES string of the molecule is C/C(=C/I)[C@@H](O)[C@@H](C)CO[Si](c1ccccc1)(c1ccccc1)C(C)(C)C. The molecule has 2 nitrogen and oxygen atoms in total. The van der Waals surface area contributed by atoms with Crippen LogP contribution in [0, 0.1) is 5.92 Å². The maximum atomic E-state index is 10.6. The molecule has 0 saturated heterocycles. The van der Waals surface area contributed by atoms with E-state index in [2.05, 4.69) is 111 Å². The largest absolute Gasteiger partial charge is 0.407 e. The van der Waals surface area contributed by atoms with Gasteiger partial charge in [0.15, 0.2) is 0 Å². The van der Waals surface area contributed by atoms with E-state index in [1.54, 1.807) is 0 Å². The van der Waals surface area contributed by atoms with E-state index in [-0.39, 0.29) is 11.0 Å². The third-order valence-electron chi connectivity index (χ3n) is 5.16. The van der Waals surface area contributed by atoms with Crippen LogP contribution in [-0.4, -0.2) is 26.1 Å². The van der Waals surface area contributed by atoms with Gasteiger partial charge >= 0.3 is 0 Å². The molecule has 0 bridgehead atoms. The van der Waals surface area contributed by atoms with Gasteiger partial charge in [-0.15, -0.1) is 0 Å². The highest BCUT2D eigenvalue weighted by Crippen LogP contribution is 2.37. The van der Waals surface area contributed by atoms with E-state index in [1.165, 1.54) is 10.4 Å². The van der Waals surface area contributed by atoms with Crippen molar-refractivity contribution in [3.63, 3.8) is 0 Å². The molecular weight excluding hydrogens is 463 g/mol. The molecule has 1 N–H and O–H groups in total. The number of aliphatic hydroxyl groups excluding tert-OH is 1. The van der Waals surface area contributed by atoms with Crippen molar-refractivity contribution in [2.24, 2.45) is 5.92 Å². The van der Waals surface area contributed by atoms with E-state index in [9.17, 15) is 5.11 Å². The third kappa shape index (κ3) is 4.91. The third-order valence-corrected chi connectivity index (χ3v) is 11.1. The highest BCUT2D eigenvalue weighted by Gasteiger charge is 2.50. The number of aliphatic hydroxyl groups is 1. The zero-order chi connectivity index (χ0) is 20.1. The van der Waals surface area contributed by atoms with Crippen molar-refractivity contribution >= 4 is 41.3 Å². The summed E-state index contributed by atoms with van der Waals surface area (Å²) in [7, 11) is -2.54. The van der Waals surface area contributed by atoms with Crippen LogP contribution in [-0.2, 0) is 4.43 Å². The molecule has 0 aliphatic rings. The van der Waals surface area contributed by atoms with Crippen LogP contribution in [0.5, 0.6) is 0 Å². The Labute approximate surface area is 178 Å². The highest BCUT2D eigenvalue weighted by molar-refractivity contribution is 14.1. The van der Waals surface area contributed by atoms with Gasteiger partial charge in [0.05, 0.1) is 6.10 Å². The van der Waals surface area contributed by atoms with E-state index >= 15 is 0 Å². The molecule has 2 atom stereocenters. The summed E-state index contributed by atoms with van der Waals surface area (Å²) >= 11 is 2.18. The molecule has 0 saturated carbocycles. The van der Waals surface area contributed by atoms with Crippen molar-refractivity contribution in [1.29, 1.82) is 0 Å². The molecule has 2 rings (SSSR count). The molecule has 0 radical (unpaired) electrons. The van der Waals surface area contributed by atoms with Gasteiger partial charge in [-0.1, -0.05) is 111 Å². The molecule has 4 heteroatoms. The Bertz CT molecular complexity index is 698. The van der Waals surface area contributed by atoms with Gasteiger partial charge in [0.25, 0.3) is 8.32 Å². The van der Waals surface area contributed by atoms with E-state index in [4.69, 9.17) is 4.43 Å². The summed E-state index contributed by atoms with van der Waals surface area (Å²) in [5.41, 5.74) is 0.981. The van der Waals surface area contributed by atoms with E-state index in [0.717, 1.165) is 5.57 Å². The van der Waals surface area contributed by atoms with Crippen LogP contribution in [0.1, 0.15) is 34.6 Å². The summed E-state index contributed by atoms with van der Waals surface area (Å²) in [6.45, 7) is 11.4. The smallest absolute Gasteiger partial charge is 0.261 e. The lowest BCUT2D eigenvalue weighted by Crippen LogP contribution is -2.67. The summed E-state index contributed by atoms with van der Waals surface area (Å²) in [6.07, 6.45) is -0.486. The maximum absolute atomic E-state index is 10.6. The first-order valence-electron chi connectivity index (χ1n) is 9.44. The van der Waals surface area contributed by atoms with E-state index < -0.39 is 14.4 Å². The number of benzene rings is 2. The van der Waals surface area contributed by atoms with Crippen molar-refractivity contribution in [2.45, 2.75) is 45.8 Å². The minimum atomic E-state index is -2.54. The van der Waals surface area contributed by atoms with Crippen LogP contribution in [0.3, 0.4) is 0 Å².